The molecule has 1 aliphatic heterocycles. The van der Waals surface area contributed by atoms with Crippen LogP contribution in [0, 0.1) is 19.8 Å². The Bertz CT molecular complexity index is 702. The summed E-state index contributed by atoms with van der Waals surface area (Å²) in [5, 5.41) is 16.9. The molecule has 8 nitrogen and oxygen atoms in total. The van der Waals surface area contributed by atoms with Crippen molar-refractivity contribution in [2.24, 2.45) is 5.92 Å². The maximum atomic E-state index is 12.3. The highest BCUT2D eigenvalue weighted by Gasteiger charge is 2.34. The molecule has 0 spiro atoms. The first-order valence-corrected chi connectivity index (χ1v) is 8.00. The van der Waals surface area contributed by atoms with Gasteiger partial charge in [-0.25, -0.2) is 9.97 Å². The molecule has 2 atom stereocenters. The van der Waals surface area contributed by atoms with Crippen LogP contribution in [0.1, 0.15) is 11.4 Å². The third-order valence-electron chi connectivity index (χ3n) is 4.25. The molecule has 2 aromatic rings. The van der Waals surface area contributed by atoms with Crippen molar-refractivity contribution in [3.8, 4) is 0 Å². The second-order valence-electron chi connectivity index (χ2n) is 6.16. The zero-order valence-corrected chi connectivity index (χ0v) is 13.9. The lowest BCUT2D eigenvalue weighted by Gasteiger charge is -2.18. The smallest absolute Gasteiger partial charge is 0.242 e. The van der Waals surface area contributed by atoms with E-state index in [1.165, 1.54) is 0 Å². The van der Waals surface area contributed by atoms with E-state index in [0.29, 0.717) is 19.0 Å². The lowest BCUT2D eigenvalue weighted by molar-refractivity contribution is -0.122. The average molecular weight is 330 g/mol. The van der Waals surface area contributed by atoms with E-state index >= 15 is 0 Å². The van der Waals surface area contributed by atoms with E-state index in [1.807, 2.05) is 24.8 Å². The van der Waals surface area contributed by atoms with Crippen molar-refractivity contribution < 1.29 is 9.90 Å². The van der Waals surface area contributed by atoms with Crippen LogP contribution in [0.2, 0.25) is 0 Å². The molecule has 1 saturated heterocycles. The average Bonchev–Trinajstić information content (AvgIpc) is 3.11. The van der Waals surface area contributed by atoms with Gasteiger partial charge < -0.3 is 15.3 Å². The first-order valence-electron chi connectivity index (χ1n) is 8.00. The Morgan fingerprint density at radius 3 is 2.71 bits per heavy atom. The molecule has 128 valence electrons. The Labute approximate surface area is 140 Å². The molecular formula is C16H22N6O2. The predicted molar refractivity (Wildman–Crippen MR) is 88.5 cm³/mol. The van der Waals surface area contributed by atoms with Gasteiger partial charge in [-0.15, -0.1) is 0 Å². The maximum Gasteiger partial charge on any atom is 0.242 e. The number of aryl methyl sites for hydroxylation is 2. The van der Waals surface area contributed by atoms with Gasteiger partial charge in [0.25, 0.3) is 0 Å². The Balaban J connectivity index is 1.63. The number of aromatic nitrogens is 4. The molecule has 2 aromatic heterocycles. The van der Waals surface area contributed by atoms with Gasteiger partial charge >= 0.3 is 0 Å². The minimum Gasteiger partial charge on any atom is -0.396 e. The van der Waals surface area contributed by atoms with E-state index in [4.69, 9.17) is 0 Å². The molecule has 3 heterocycles. The van der Waals surface area contributed by atoms with E-state index < -0.39 is 0 Å². The Hall–Kier alpha value is -2.48. The van der Waals surface area contributed by atoms with Gasteiger partial charge in [0, 0.05) is 43.7 Å². The van der Waals surface area contributed by atoms with Crippen LogP contribution >= 0.6 is 0 Å². The largest absolute Gasteiger partial charge is 0.396 e. The summed E-state index contributed by atoms with van der Waals surface area (Å²) in [4.78, 5) is 22.8. The van der Waals surface area contributed by atoms with E-state index in [0.717, 1.165) is 11.4 Å². The number of rotatable bonds is 5. The molecule has 1 amide bonds. The van der Waals surface area contributed by atoms with Crippen LogP contribution in [-0.4, -0.2) is 56.5 Å². The Kier molecular flexibility index (Phi) is 4.75. The minimum absolute atomic E-state index is 0.00812. The van der Waals surface area contributed by atoms with Crippen LogP contribution in [0.25, 0.3) is 0 Å². The molecule has 2 N–H and O–H groups in total. The first-order chi connectivity index (χ1) is 11.6. The van der Waals surface area contributed by atoms with Gasteiger partial charge in [-0.2, -0.15) is 5.10 Å². The van der Waals surface area contributed by atoms with E-state index in [2.05, 4.69) is 20.4 Å². The zero-order chi connectivity index (χ0) is 17.1. The Morgan fingerprint density at radius 1 is 1.33 bits per heavy atom. The number of nitrogens with one attached hydrogen (secondary N) is 1. The fraction of sp³-hybridized carbons (Fsp3) is 0.500. The summed E-state index contributed by atoms with van der Waals surface area (Å²) in [6.45, 7) is 5.21. The standard InChI is InChI=1S/C16H22N6O2/c1-11-6-12(2)22(20-11)9-15(24)19-14-8-21(7-13(14)10-23)16-17-4-3-5-18-16/h3-6,13-14,23H,7-10H2,1-2H3,(H,19,24)/t13-,14+/m0/s1. The fourth-order valence-electron chi connectivity index (χ4n) is 3.06. The zero-order valence-electron chi connectivity index (χ0n) is 13.9. The van der Waals surface area contributed by atoms with Crippen molar-refractivity contribution in [1.29, 1.82) is 0 Å². The molecule has 0 aliphatic carbocycles. The lowest BCUT2D eigenvalue weighted by Crippen LogP contribution is -2.43. The van der Waals surface area contributed by atoms with Gasteiger partial charge in [0.1, 0.15) is 6.54 Å². The van der Waals surface area contributed by atoms with Gasteiger partial charge in [-0.1, -0.05) is 0 Å². The lowest BCUT2D eigenvalue weighted by atomic mass is 10.1. The molecule has 24 heavy (non-hydrogen) atoms. The summed E-state index contributed by atoms with van der Waals surface area (Å²) in [5.74, 6) is 0.463. The van der Waals surface area contributed by atoms with E-state index in [-0.39, 0.29) is 31.0 Å². The summed E-state index contributed by atoms with van der Waals surface area (Å²) in [6.07, 6.45) is 3.37. The number of amides is 1. The number of aliphatic hydroxyl groups excluding tert-OH is 1. The van der Waals surface area contributed by atoms with Crippen molar-refractivity contribution in [2.45, 2.75) is 26.4 Å². The molecule has 3 rings (SSSR count). The molecule has 0 radical (unpaired) electrons. The van der Waals surface area contributed by atoms with Crippen molar-refractivity contribution in [1.82, 2.24) is 25.1 Å². The van der Waals surface area contributed by atoms with Crippen molar-refractivity contribution in [2.75, 3.05) is 24.6 Å². The number of hydrogen-bond donors (Lipinski definition) is 2. The third-order valence-corrected chi connectivity index (χ3v) is 4.25. The SMILES string of the molecule is Cc1cc(C)n(CC(=O)N[C@@H]2CN(c3ncccn3)C[C@H]2CO)n1. The number of carbonyl (C=O) groups excluding carboxylic acids is 1. The molecule has 1 fully saturated rings. The highest BCUT2D eigenvalue weighted by Crippen LogP contribution is 2.20. The second-order valence-corrected chi connectivity index (χ2v) is 6.16. The summed E-state index contributed by atoms with van der Waals surface area (Å²) in [5.41, 5.74) is 1.84. The second kappa shape index (κ2) is 6.96. The first kappa shape index (κ1) is 16.4. The fourth-order valence-corrected chi connectivity index (χ4v) is 3.06. The summed E-state index contributed by atoms with van der Waals surface area (Å²) in [7, 11) is 0. The van der Waals surface area contributed by atoms with Crippen LogP contribution in [-0.2, 0) is 11.3 Å². The van der Waals surface area contributed by atoms with Gasteiger partial charge in [0.05, 0.1) is 11.7 Å². The molecular weight excluding hydrogens is 308 g/mol. The van der Waals surface area contributed by atoms with Crippen molar-refractivity contribution >= 4 is 11.9 Å². The van der Waals surface area contributed by atoms with Crippen LogP contribution < -0.4 is 10.2 Å². The predicted octanol–water partition coefficient (Wildman–Crippen LogP) is -0.0966. The molecule has 0 saturated carbocycles. The molecule has 1 aliphatic rings. The maximum absolute atomic E-state index is 12.3. The van der Waals surface area contributed by atoms with Crippen LogP contribution in [0.5, 0.6) is 0 Å². The summed E-state index contributed by atoms with van der Waals surface area (Å²) < 4.78 is 1.69. The van der Waals surface area contributed by atoms with Crippen molar-refractivity contribution in [3.05, 3.63) is 35.9 Å². The molecule has 0 unspecified atom stereocenters. The summed E-state index contributed by atoms with van der Waals surface area (Å²) in [6, 6.07) is 3.56. The minimum atomic E-state index is -0.136. The van der Waals surface area contributed by atoms with Gasteiger partial charge in [0.2, 0.25) is 11.9 Å². The Morgan fingerprint density at radius 2 is 2.08 bits per heavy atom. The number of nitrogens with zero attached hydrogens (tertiary/aromatic N) is 5. The monoisotopic (exact) mass is 330 g/mol. The third kappa shape index (κ3) is 3.53. The molecule has 0 bridgehead atoms. The van der Waals surface area contributed by atoms with Crippen LogP contribution in [0.3, 0.4) is 0 Å². The van der Waals surface area contributed by atoms with Crippen LogP contribution in [0.15, 0.2) is 24.5 Å². The van der Waals surface area contributed by atoms with Gasteiger partial charge in [-0.05, 0) is 26.0 Å². The topological polar surface area (TPSA) is 96.2 Å². The number of anilines is 1. The normalized spacial score (nSPS) is 20.4. The highest BCUT2D eigenvalue weighted by atomic mass is 16.3. The number of aliphatic hydroxyl groups is 1. The number of hydrogen-bond acceptors (Lipinski definition) is 6. The van der Waals surface area contributed by atoms with E-state index in [1.54, 1.807) is 23.1 Å². The van der Waals surface area contributed by atoms with Crippen LogP contribution in [0.4, 0.5) is 5.95 Å². The van der Waals surface area contributed by atoms with Gasteiger partial charge in [-0.3, -0.25) is 9.48 Å². The molecule has 0 aromatic carbocycles. The summed E-state index contributed by atoms with van der Waals surface area (Å²) >= 11 is 0. The quantitative estimate of drug-likeness (QED) is 0.795. The van der Waals surface area contributed by atoms with E-state index in [9.17, 15) is 9.90 Å². The van der Waals surface area contributed by atoms with Crippen molar-refractivity contribution in [3.63, 3.8) is 0 Å². The van der Waals surface area contributed by atoms with Gasteiger partial charge in [0.15, 0.2) is 0 Å². The highest BCUT2D eigenvalue weighted by molar-refractivity contribution is 5.76. The number of carbonyl (C=O) groups is 1. The molecule has 8 heteroatoms.